The summed E-state index contributed by atoms with van der Waals surface area (Å²) >= 11 is 5.73. The van der Waals surface area contributed by atoms with Gasteiger partial charge in [-0.05, 0) is 24.3 Å². The van der Waals surface area contributed by atoms with E-state index in [1.165, 1.54) is 30.3 Å². The van der Waals surface area contributed by atoms with Crippen molar-refractivity contribution in [1.29, 1.82) is 0 Å². The Hall–Kier alpha value is -2.61. The van der Waals surface area contributed by atoms with E-state index in [1.54, 1.807) is 23.5 Å². The maximum atomic E-state index is 13.5. The highest BCUT2D eigenvalue weighted by atomic mass is 35.5. The van der Waals surface area contributed by atoms with Crippen LogP contribution in [0.5, 0.6) is 11.5 Å². The lowest BCUT2D eigenvalue weighted by Gasteiger charge is -2.29. The van der Waals surface area contributed by atoms with E-state index in [4.69, 9.17) is 21.1 Å². The van der Waals surface area contributed by atoms with E-state index in [2.05, 4.69) is 5.32 Å². The van der Waals surface area contributed by atoms with Crippen molar-refractivity contribution in [2.75, 3.05) is 5.32 Å². The van der Waals surface area contributed by atoms with Gasteiger partial charge in [0.15, 0.2) is 11.5 Å². The second kappa shape index (κ2) is 5.79. The topological polar surface area (TPSA) is 59.6 Å². The number of hydrogen-bond donors (Lipinski definition) is 2. The molecular weight excluding hydrogens is 349 g/mol. The van der Waals surface area contributed by atoms with Crippen molar-refractivity contribution in [3.8, 4) is 11.5 Å². The molecule has 2 N–H and O–H groups in total. The van der Waals surface area contributed by atoms with Crippen LogP contribution < -0.4 is 20.1 Å². The maximum Gasteiger partial charge on any atom is 0.492 e. The van der Waals surface area contributed by atoms with Crippen molar-refractivity contribution >= 4 is 23.3 Å². The zero-order valence-corrected chi connectivity index (χ0v) is 12.6. The average molecular weight is 359 g/mol. The largest absolute Gasteiger partial charge is 0.492 e. The predicted molar refractivity (Wildman–Crippen MR) is 80.1 cm³/mol. The number of carbonyl (C=O) groups excluding carboxylic acids is 1. The fraction of sp³-hybridized carbons (Fsp3) is 0.133. The van der Waals surface area contributed by atoms with Gasteiger partial charge in [-0.3, -0.25) is 5.32 Å². The molecule has 24 heavy (non-hydrogen) atoms. The Morgan fingerprint density at radius 3 is 2.38 bits per heavy atom. The third-order valence-electron chi connectivity index (χ3n) is 3.10. The van der Waals surface area contributed by atoms with Crippen LogP contribution in [0.25, 0.3) is 0 Å². The zero-order valence-electron chi connectivity index (χ0n) is 11.9. The Morgan fingerprint density at radius 2 is 1.71 bits per heavy atom. The van der Waals surface area contributed by atoms with E-state index in [-0.39, 0.29) is 16.5 Å². The number of alkyl halides is 3. The van der Waals surface area contributed by atoms with Crippen molar-refractivity contribution in [1.82, 2.24) is 5.32 Å². The van der Waals surface area contributed by atoms with Crippen LogP contribution in [0.2, 0.25) is 5.02 Å². The highest BCUT2D eigenvalue weighted by Crippen LogP contribution is 2.46. The SMILES string of the molecule is O=C(Nc1ccccc1)N[C@]1(C(F)(F)F)Oc2ccc(Cl)cc2O1. The zero-order chi connectivity index (χ0) is 17.4. The van der Waals surface area contributed by atoms with Crippen molar-refractivity contribution in [3.63, 3.8) is 0 Å². The molecule has 0 bridgehead atoms. The molecule has 2 aromatic carbocycles. The number of halogens is 4. The van der Waals surface area contributed by atoms with Gasteiger partial charge in [0, 0.05) is 16.8 Å². The van der Waals surface area contributed by atoms with Gasteiger partial charge in [-0.1, -0.05) is 29.8 Å². The summed E-state index contributed by atoms with van der Waals surface area (Å²) in [4.78, 5) is 11.9. The molecule has 1 aliphatic rings. The van der Waals surface area contributed by atoms with Gasteiger partial charge < -0.3 is 14.8 Å². The van der Waals surface area contributed by atoms with E-state index >= 15 is 0 Å². The Balaban J connectivity index is 1.83. The molecule has 5 nitrogen and oxygen atoms in total. The van der Waals surface area contributed by atoms with Gasteiger partial charge >= 0.3 is 18.1 Å². The monoisotopic (exact) mass is 358 g/mol. The summed E-state index contributed by atoms with van der Waals surface area (Å²) in [6, 6.07) is 10.6. The Morgan fingerprint density at radius 1 is 1.04 bits per heavy atom. The standard InChI is InChI=1S/C15H10ClF3N2O3/c16-9-6-7-11-12(8-9)24-15(23-11,14(17,18)19)21-13(22)20-10-4-2-1-3-5-10/h1-8H,(H2,20,21,22)/t15-/m1/s1. The van der Waals surface area contributed by atoms with Gasteiger partial charge in [-0.2, -0.15) is 13.2 Å². The van der Waals surface area contributed by atoms with Crippen LogP contribution in [-0.2, 0) is 0 Å². The number of para-hydroxylation sites is 1. The van der Waals surface area contributed by atoms with Crippen LogP contribution >= 0.6 is 11.6 Å². The lowest BCUT2D eigenvalue weighted by molar-refractivity contribution is -0.317. The minimum Gasteiger partial charge on any atom is -0.424 e. The summed E-state index contributed by atoms with van der Waals surface area (Å²) < 4.78 is 50.1. The number of benzene rings is 2. The summed E-state index contributed by atoms with van der Waals surface area (Å²) in [7, 11) is 0. The number of nitrogens with one attached hydrogen (secondary N) is 2. The first-order chi connectivity index (χ1) is 11.3. The summed E-state index contributed by atoms with van der Waals surface area (Å²) in [6.07, 6.45) is -5.04. The number of urea groups is 1. The summed E-state index contributed by atoms with van der Waals surface area (Å²) in [6.45, 7) is 0. The van der Waals surface area contributed by atoms with Gasteiger partial charge in [0.05, 0.1) is 0 Å². The molecule has 3 rings (SSSR count). The molecule has 1 aliphatic heterocycles. The van der Waals surface area contributed by atoms with Gasteiger partial charge in [0.2, 0.25) is 0 Å². The number of ether oxygens (including phenoxy) is 2. The first kappa shape index (κ1) is 16.3. The quantitative estimate of drug-likeness (QED) is 0.848. The van der Waals surface area contributed by atoms with Crippen LogP contribution in [0.4, 0.5) is 23.7 Å². The fourth-order valence-corrected chi connectivity index (χ4v) is 2.21. The summed E-state index contributed by atoms with van der Waals surface area (Å²) in [5.74, 6) is -3.74. The molecule has 0 aliphatic carbocycles. The van der Waals surface area contributed by atoms with Gasteiger partial charge in [-0.25, -0.2) is 4.79 Å². The van der Waals surface area contributed by atoms with Gasteiger partial charge in [0.1, 0.15) is 0 Å². The molecule has 0 saturated carbocycles. The molecule has 1 heterocycles. The minimum atomic E-state index is -5.04. The molecule has 0 fully saturated rings. The van der Waals surface area contributed by atoms with E-state index in [0.29, 0.717) is 5.69 Å². The van der Waals surface area contributed by atoms with Crippen molar-refractivity contribution in [2.45, 2.75) is 12.1 Å². The van der Waals surface area contributed by atoms with Crippen LogP contribution in [0, 0.1) is 0 Å². The second-order valence-corrected chi connectivity index (χ2v) is 5.29. The average Bonchev–Trinajstić information content (AvgIpc) is 2.86. The number of amides is 2. The minimum absolute atomic E-state index is 0.170. The number of anilines is 1. The Kier molecular flexibility index (Phi) is 3.92. The van der Waals surface area contributed by atoms with E-state index < -0.39 is 18.1 Å². The smallest absolute Gasteiger partial charge is 0.424 e. The molecule has 2 aromatic rings. The molecule has 0 saturated heterocycles. The summed E-state index contributed by atoms with van der Waals surface area (Å²) in [5.41, 5.74) is 0.311. The lowest BCUT2D eigenvalue weighted by Crippen LogP contribution is -2.65. The van der Waals surface area contributed by atoms with E-state index in [0.717, 1.165) is 0 Å². The maximum absolute atomic E-state index is 13.5. The predicted octanol–water partition coefficient (Wildman–Crippen LogP) is 4.15. The van der Waals surface area contributed by atoms with Crippen LogP contribution in [0.1, 0.15) is 0 Å². The normalized spacial score (nSPS) is 19.0. The first-order valence-corrected chi connectivity index (χ1v) is 7.05. The fourth-order valence-electron chi connectivity index (χ4n) is 2.05. The number of fused-ring (bicyclic) bond motifs is 1. The van der Waals surface area contributed by atoms with Crippen molar-refractivity contribution < 1.29 is 27.4 Å². The lowest BCUT2D eigenvalue weighted by atomic mass is 10.3. The van der Waals surface area contributed by atoms with Gasteiger partial charge in [0.25, 0.3) is 0 Å². The highest BCUT2D eigenvalue weighted by molar-refractivity contribution is 6.30. The molecule has 1 atom stereocenters. The number of carbonyl (C=O) groups is 1. The third-order valence-corrected chi connectivity index (χ3v) is 3.33. The Labute approximate surface area is 139 Å². The molecule has 0 spiro atoms. The molecule has 0 unspecified atom stereocenters. The highest BCUT2D eigenvalue weighted by Gasteiger charge is 2.65. The molecule has 9 heteroatoms. The van der Waals surface area contributed by atoms with Crippen molar-refractivity contribution in [3.05, 3.63) is 53.6 Å². The van der Waals surface area contributed by atoms with Crippen molar-refractivity contribution in [2.24, 2.45) is 0 Å². The van der Waals surface area contributed by atoms with E-state index in [1.807, 2.05) is 0 Å². The third kappa shape index (κ3) is 3.05. The van der Waals surface area contributed by atoms with Crippen LogP contribution in [-0.4, -0.2) is 18.1 Å². The molecule has 0 radical (unpaired) electrons. The molecule has 0 aromatic heterocycles. The molecular formula is C15H10ClF3N2O3. The second-order valence-electron chi connectivity index (χ2n) is 4.85. The van der Waals surface area contributed by atoms with Crippen LogP contribution in [0.3, 0.4) is 0 Å². The summed E-state index contributed by atoms with van der Waals surface area (Å²) in [5, 5.41) is 4.12. The first-order valence-electron chi connectivity index (χ1n) is 6.68. The van der Waals surface area contributed by atoms with E-state index in [9.17, 15) is 18.0 Å². The molecule has 2 amide bonds. The van der Waals surface area contributed by atoms with Crippen LogP contribution in [0.15, 0.2) is 48.5 Å². The van der Waals surface area contributed by atoms with Gasteiger partial charge in [-0.15, -0.1) is 0 Å². The number of rotatable bonds is 2. The Bertz CT molecular complexity index is 770. The molecule has 126 valence electrons. The number of hydrogen-bond acceptors (Lipinski definition) is 3.